The van der Waals surface area contributed by atoms with Crippen LogP contribution in [0.3, 0.4) is 0 Å². The van der Waals surface area contributed by atoms with Crippen LogP contribution in [0.2, 0.25) is 0 Å². The van der Waals surface area contributed by atoms with E-state index in [0.29, 0.717) is 17.7 Å². The van der Waals surface area contributed by atoms with Crippen molar-refractivity contribution in [1.29, 1.82) is 0 Å². The number of carbonyl (C=O) groups excluding carboxylic acids is 2. The summed E-state index contributed by atoms with van der Waals surface area (Å²) >= 11 is 0. The van der Waals surface area contributed by atoms with Gasteiger partial charge in [0.15, 0.2) is 0 Å². The monoisotopic (exact) mass is 280 g/mol. The number of aryl methyl sites for hydroxylation is 1. The molecule has 2 bridgehead atoms. The summed E-state index contributed by atoms with van der Waals surface area (Å²) in [4.78, 5) is 31.4. The first-order valence-electron chi connectivity index (χ1n) is 7.66. The van der Waals surface area contributed by atoms with Gasteiger partial charge in [0.2, 0.25) is 11.8 Å². The molecular weight excluding hydrogens is 264 g/mol. The minimum Gasteiger partial charge on any atom is -0.274 e. The first-order valence-corrected chi connectivity index (χ1v) is 7.66. The third kappa shape index (κ3) is 1.33. The lowest BCUT2D eigenvalue weighted by atomic mass is 9.63. The zero-order valence-electron chi connectivity index (χ0n) is 11.8. The molecule has 6 atom stereocenters. The third-order valence-corrected chi connectivity index (χ3v) is 5.77. The zero-order chi connectivity index (χ0) is 14.3. The van der Waals surface area contributed by atoms with Crippen molar-refractivity contribution in [2.75, 3.05) is 4.90 Å². The van der Waals surface area contributed by atoms with Crippen LogP contribution in [0.1, 0.15) is 12.1 Å². The zero-order valence-corrected chi connectivity index (χ0v) is 11.8. The lowest BCUT2D eigenvalue weighted by molar-refractivity contribution is -0.124. The maximum atomic E-state index is 12.8. The first kappa shape index (κ1) is 11.7. The van der Waals surface area contributed by atoms with Crippen molar-refractivity contribution in [2.45, 2.75) is 13.3 Å². The molecule has 4 aliphatic carbocycles. The van der Waals surface area contributed by atoms with Crippen molar-refractivity contribution in [3.8, 4) is 0 Å². The fourth-order valence-electron chi connectivity index (χ4n) is 4.84. The Balaban J connectivity index is 1.60. The molecular formula is C17H16N2O2. The molecule has 0 spiro atoms. The van der Waals surface area contributed by atoms with E-state index in [1.807, 2.05) is 19.1 Å². The van der Waals surface area contributed by atoms with E-state index >= 15 is 0 Å². The number of pyridine rings is 1. The molecule has 0 aromatic carbocycles. The van der Waals surface area contributed by atoms with Gasteiger partial charge in [0, 0.05) is 5.69 Å². The van der Waals surface area contributed by atoms with Gasteiger partial charge in [-0.25, -0.2) is 9.88 Å². The van der Waals surface area contributed by atoms with E-state index in [1.54, 1.807) is 6.07 Å². The molecule has 1 aromatic rings. The average molecular weight is 280 g/mol. The van der Waals surface area contributed by atoms with Gasteiger partial charge in [0.1, 0.15) is 5.82 Å². The quantitative estimate of drug-likeness (QED) is 0.583. The second kappa shape index (κ2) is 3.62. The van der Waals surface area contributed by atoms with Crippen molar-refractivity contribution in [1.82, 2.24) is 4.98 Å². The molecule has 0 N–H and O–H groups in total. The number of hydrogen-bond donors (Lipinski definition) is 0. The predicted molar refractivity (Wildman–Crippen MR) is 76.2 cm³/mol. The normalized spacial score (nSPS) is 42.2. The number of aromatic nitrogens is 1. The van der Waals surface area contributed by atoms with Crippen molar-refractivity contribution in [3.63, 3.8) is 0 Å². The maximum Gasteiger partial charge on any atom is 0.239 e. The van der Waals surface area contributed by atoms with Gasteiger partial charge >= 0.3 is 0 Å². The van der Waals surface area contributed by atoms with Gasteiger partial charge in [-0.05, 0) is 49.1 Å². The fourth-order valence-corrected chi connectivity index (χ4v) is 4.84. The molecule has 0 unspecified atom stereocenters. The molecule has 4 nitrogen and oxygen atoms in total. The fraction of sp³-hybridized carbons (Fsp3) is 0.471. The number of imide groups is 1. The van der Waals surface area contributed by atoms with Crippen molar-refractivity contribution in [2.24, 2.45) is 35.5 Å². The van der Waals surface area contributed by atoms with Gasteiger partial charge in [-0.15, -0.1) is 0 Å². The smallest absolute Gasteiger partial charge is 0.239 e. The summed E-state index contributed by atoms with van der Waals surface area (Å²) in [5, 5.41) is 0. The highest BCUT2D eigenvalue weighted by Crippen LogP contribution is 2.65. The standard InChI is InChI=1S/C17H16N2O2/c1-8-3-2-4-13(18-8)19-16(20)14-9-5-6-10(12-7-11(9)12)15(14)17(19)21/h2-6,9-12,14-15H,7H2,1H3/t9-,10+,11-,12-,14+,15+/m1/s1. The lowest BCUT2D eigenvalue weighted by Gasteiger charge is -2.37. The number of allylic oxidation sites excluding steroid dienone is 2. The number of carbonyl (C=O) groups is 2. The highest BCUT2D eigenvalue weighted by molar-refractivity contribution is 6.22. The summed E-state index contributed by atoms with van der Waals surface area (Å²) in [5.74, 6) is 1.98. The third-order valence-electron chi connectivity index (χ3n) is 5.77. The van der Waals surface area contributed by atoms with Crippen LogP contribution in [0.4, 0.5) is 5.82 Å². The summed E-state index contributed by atoms with van der Waals surface area (Å²) in [6, 6.07) is 5.49. The molecule has 2 amide bonds. The Labute approximate surface area is 122 Å². The topological polar surface area (TPSA) is 50.3 Å². The summed E-state index contributed by atoms with van der Waals surface area (Å²) < 4.78 is 0. The van der Waals surface area contributed by atoms with Crippen LogP contribution in [0.25, 0.3) is 0 Å². The van der Waals surface area contributed by atoms with Gasteiger partial charge in [0.05, 0.1) is 11.8 Å². The van der Waals surface area contributed by atoms with Gasteiger partial charge in [0.25, 0.3) is 0 Å². The van der Waals surface area contributed by atoms with Crippen LogP contribution in [0.5, 0.6) is 0 Å². The minimum absolute atomic E-state index is 0.0344. The average Bonchev–Trinajstić information content (AvgIpc) is 3.24. The lowest BCUT2D eigenvalue weighted by Crippen LogP contribution is -2.40. The molecule has 6 rings (SSSR count). The molecule has 3 fully saturated rings. The molecule has 21 heavy (non-hydrogen) atoms. The number of amides is 2. The van der Waals surface area contributed by atoms with Crippen LogP contribution >= 0.6 is 0 Å². The number of rotatable bonds is 1. The summed E-state index contributed by atoms with van der Waals surface area (Å²) in [5.41, 5.74) is 0.826. The molecule has 1 saturated heterocycles. The van der Waals surface area contributed by atoms with E-state index in [4.69, 9.17) is 0 Å². The van der Waals surface area contributed by atoms with Gasteiger partial charge < -0.3 is 0 Å². The molecule has 5 aliphatic rings. The Morgan fingerprint density at radius 3 is 2.24 bits per heavy atom. The van der Waals surface area contributed by atoms with E-state index in [-0.39, 0.29) is 35.5 Å². The number of nitrogens with zero attached hydrogens (tertiary/aromatic N) is 2. The van der Waals surface area contributed by atoms with Gasteiger partial charge in [-0.2, -0.15) is 0 Å². The predicted octanol–water partition coefficient (Wildman–Crippen LogP) is 1.95. The molecule has 106 valence electrons. The number of anilines is 1. The van der Waals surface area contributed by atoms with Crippen molar-refractivity contribution in [3.05, 3.63) is 36.0 Å². The Morgan fingerprint density at radius 2 is 1.67 bits per heavy atom. The summed E-state index contributed by atoms with van der Waals surface area (Å²) in [6.45, 7) is 1.88. The van der Waals surface area contributed by atoms with Gasteiger partial charge in [-0.3, -0.25) is 9.59 Å². The molecule has 0 radical (unpaired) electrons. The molecule has 4 heteroatoms. The Bertz CT molecular complexity index is 674. The Kier molecular flexibility index (Phi) is 2.01. The second-order valence-electron chi connectivity index (χ2n) is 6.80. The van der Waals surface area contributed by atoms with E-state index in [0.717, 1.165) is 5.69 Å². The maximum absolute atomic E-state index is 12.8. The molecule has 2 heterocycles. The largest absolute Gasteiger partial charge is 0.274 e. The molecule has 1 aliphatic heterocycles. The van der Waals surface area contributed by atoms with Crippen LogP contribution in [0.15, 0.2) is 30.4 Å². The highest BCUT2D eigenvalue weighted by Gasteiger charge is 2.67. The Morgan fingerprint density at radius 1 is 1.05 bits per heavy atom. The summed E-state index contributed by atoms with van der Waals surface area (Å²) in [7, 11) is 0. The van der Waals surface area contributed by atoms with Crippen LogP contribution in [-0.4, -0.2) is 16.8 Å². The molecule has 2 saturated carbocycles. The second-order valence-corrected chi connectivity index (χ2v) is 6.80. The van der Waals surface area contributed by atoms with Gasteiger partial charge in [-0.1, -0.05) is 18.2 Å². The highest BCUT2D eigenvalue weighted by atomic mass is 16.2. The number of hydrogen-bond acceptors (Lipinski definition) is 3. The molecule has 1 aromatic heterocycles. The van der Waals surface area contributed by atoms with Crippen LogP contribution in [0, 0.1) is 42.4 Å². The SMILES string of the molecule is Cc1cccc(N2C(=O)[C@H]3[C@@H]4C=C[C@@H]([C@H]5C[C@H]45)[C@@H]3C2=O)n1. The first-order chi connectivity index (χ1) is 10.2. The van der Waals surface area contributed by atoms with E-state index in [2.05, 4.69) is 17.1 Å². The summed E-state index contributed by atoms with van der Waals surface area (Å²) in [6.07, 6.45) is 5.58. The van der Waals surface area contributed by atoms with Crippen LogP contribution < -0.4 is 4.90 Å². The minimum atomic E-state index is -0.140. The van der Waals surface area contributed by atoms with Crippen LogP contribution in [-0.2, 0) is 9.59 Å². The van der Waals surface area contributed by atoms with Crippen molar-refractivity contribution < 1.29 is 9.59 Å². The van der Waals surface area contributed by atoms with Crippen molar-refractivity contribution >= 4 is 17.6 Å². The Hall–Kier alpha value is -1.97. The van der Waals surface area contributed by atoms with E-state index in [9.17, 15) is 9.59 Å². The van der Waals surface area contributed by atoms with E-state index < -0.39 is 0 Å². The van der Waals surface area contributed by atoms with E-state index in [1.165, 1.54) is 11.3 Å².